The summed E-state index contributed by atoms with van der Waals surface area (Å²) in [4.78, 5) is 16.0. The van der Waals surface area contributed by atoms with Crippen molar-refractivity contribution < 1.29 is 13.9 Å². The Morgan fingerprint density at radius 1 is 1.26 bits per heavy atom. The topological polar surface area (TPSA) is 63.2 Å². The maximum Gasteiger partial charge on any atom is 0.315 e. The molecule has 6 heteroatoms. The van der Waals surface area contributed by atoms with Gasteiger partial charge < -0.3 is 15.4 Å². The van der Waals surface area contributed by atoms with Gasteiger partial charge in [-0.2, -0.15) is 0 Å². The molecule has 0 aliphatic carbocycles. The maximum atomic E-state index is 13.5. The van der Waals surface area contributed by atoms with Gasteiger partial charge in [0.2, 0.25) is 0 Å². The minimum atomic E-state index is -0.422. The van der Waals surface area contributed by atoms with E-state index in [1.54, 1.807) is 31.3 Å². The van der Waals surface area contributed by atoms with Crippen LogP contribution in [0.1, 0.15) is 18.2 Å². The van der Waals surface area contributed by atoms with E-state index in [1.165, 1.54) is 6.07 Å². The van der Waals surface area contributed by atoms with Crippen LogP contribution in [-0.4, -0.2) is 23.7 Å². The molecule has 2 N–H and O–H groups in total. The summed E-state index contributed by atoms with van der Waals surface area (Å²) in [5.41, 5.74) is 1.84. The van der Waals surface area contributed by atoms with Crippen LogP contribution in [0.2, 0.25) is 0 Å². The SMILES string of the molecule is Cc1cccnc1CNC(=O)NC[C@@H](C)Oc1ccccc1F. The van der Waals surface area contributed by atoms with Gasteiger partial charge in [-0.1, -0.05) is 18.2 Å². The number of ether oxygens (including phenoxy) is 1. The van der Waals surface area contributed by atoms with Crippen LogP contribution in [0.25, 0.3) is 0 Å². The highest BCUT2D eigenvalue weighted by molar-refractivity contribution is 5.73. The molecule has 23 heavy (non-hydrogen) atoms. The van der Waals surface area contributed by atoms with Crippen LogP contribution in [0, 0.1) is 12.7 Å². The summed E-state index contributed by atoms with van der Waals surface area (Å²) >= 11 is 0. The molecule has 0 spiro atoms. The Bertz CT molecular complexity index is 664. The Morgan fingerprint density at radius 2 is 2.04 bits per heavy atom. The van der Waals surface area contributed by atoms with E-state index in [1.807, 2.05) is 19.1 Å². The van der Waals surface area contributed by atoms with Gasteiger partial charge in [-0.15, -0.1) is 0 Å². The van der Waals surface area contributed by atoms with Crippen molar-refractivity contribution in [3.05, 3.63) is 59.7 Å². The Morgan fingerprint density at radius 3 is 2.78 bits per heavy atom. The minimum absolute atomic E-state index is 0.173. The number of amides is 2. The fourth-order valence-electron chi connectivity index (χ4n) is 1.97. The van der Waals surface area contributed by atoms with E-state index in [-0.39, 0.29) is 24.4 Å². The molecule has 0 saturated heterocycles. The van der Waals surface area contributed by atoms with Crippen LogP contribution in [0.4, 0.5) is 9.18 Å². The maximum absolute atomic E-state index is 13.5. The van der Waals surface area contributed by atoms with Crippen molar-refractivity contribution in [1.29, 1.82) is 0 Å². The van der Waals surface area contributed by atoms with Gasteiger partial charge in [0.1, 0.15) is 6.10 Å². The molecule has 0 aliphatic heterocycles. The smallest absolute Gasteiger partial charge is 0.315 e. The van der Waals surface area contributed by atoms with Crippen LogP contribution in [0.15, 0.2) is 42.6 Å². The van der Waals surface area contributed by atoms with E-state index in [9.17, 15) is 9.18 Å². The lowest BCUT2D eigenvalue weighted by atomic mass is 10.2. The fourth-order valence-corrected chi connectivity index (χ4v) is 1.97. The minimum Gasteiger partial charge on any atom is -0.486 e. The molecule has 2 aromatic rings. The monoisotopic (exact) mass is 317 g/mol. The number of aryl methyl sites for hydroxylation is 1. The number of urea groups is 1. The second-order valence-electron chi connectivity index (χ2n) is 5.19. The molecule has 0 unspecified atom stereocenters. The summed E-state index contributed by atoms with van der Waals surface area (Å²) in [5.74, 6) is -0.249. The average Bonchev–Trinajstić information content (AvgIpc) is 2.54. The van der Waals surface area contributed by atoms with Crippen LogP contribution >= 0.6 is 0 Å². The number of halogens is 1. The predicted octanol–water partition coefficient (Wildman–Crippen LogP) is 2.80. The number of aromatic nitrogens is 1. The van der Waals surface area contributed by atoms with Crippen molar-refractivity contribution in [2.24, 2.45) is 0 Å². The molecule has 1 aromatic heterocycles. The van der Waals surface area contributed by atoms with Crippen LogP contribution in [0.5, 0.6) is 5.75 Å². The lowest BCUT2D eigenvalue weighted by molar-refractivity contribution is 0.201. The number of nitrogens with one attached hydrogen (secondary N) is 2. The third kappa shape index (κ3) is 5.25. The summed E-state index contributed by atoms with van der Waals surface area (Å²) in [6.45, 7) is 4.31. The molecular formula is C17H20FN3O2. The Kier molecular flexibility index (Phi) is 5.91. The first-order valence-electron chi connectivity index (χ1n) is 7.39. The predicted molar refractivity (Wildman–Crippen MR) is 85.7 cm³/mol. The summed E-state index contributed by atoms with van der Waals surface area (Å²) in [6.07, 6.45) is 1.33. The number of para-hydroxylation sites is 1. The average molecular weight is 317 g/mol. The van der Waals surface area contributed by atoms with Gasteiger partial charge in [-0.3, -0.25) is 4.98 Å². The molecular weight excluding hydrogens is 297 g/mol. The number of pyridine rings is 1. The molecule has 1 aromatic carbocycles. The molecule has 0 aliphatic rings. The quantitative estimate of drug-likeness (QED) is 0.861. The molecule has 0 radical (unpaired) electrons. The van der Waals surface area contributed by atoms with Gasteiger partial charge >= 0.3 is 6.03 Å². The van der Waals surface area contributed by atoms with Gasteiger partial charge in [-0.25, -0.2) is 9.18 Å². The normalized spacial score (nSPS) is 11.6. The molecule has 2 rings (SSSR count). The van der Waals surface area contributed by atoms with E-state index in [2.05, 4.69) is 15.6 Å². The number of carbonyl (C=O) groups excluding carboxylic acids is 1. The molecule has 0 saturated carbocycles. The number of nitrogens with zero attached hydrogens (tertiary/aromatic N) is 1. The molecule has 0 fully saturated rings. The highest BCUT2D eigenvalue weighted by Crippen LogP contribution is 2.16. The summed E-state index contributed by atoms with van der Waals surface area (Å²) < 4.78 is 18.9. The molecule has 2 amide bonds. The van der Waals surface area contributed by atoms with Gasteiger partial charge in [0.25, 0.3) is 0 Å². The fraction of sp³-hybridized carbons (Fsp3) is 0.294. The highest BCUT2D eigenvalue weighted by atomic mass is 19.1. The van der Waals surface area contributed by atoms with Crippen molar-refractivity contribution in [3.8, 4) is 5.75 Å². The Labute approximate surface area is 134 Å². The first-order valence-corrected chi connectivity index (χ1v) is 7.39. The van der Waals surface area contributed by atoms with Crippen molar-refractivity contribution in [1.82, 2.24) is 15.6 Å². The zero-order chi connectivity index (χ0) is 16.7. The van der Waals surface area contributed by atoms with Crippen molar-refractivity contribution in [2.45, 2.75) is 26.5 Å². The number of carbonyl (C=O) groups is 1. The molecule has 1 atom stereocenters. The van der Waals surface area contributed by atoms with Crippen LogP contribution < -0.4 is 15.4 Å². The second kappa shape index (κ2) is 8.12. The first kappa shape index (κ1) is 16.7. The number of rotatable bonds is 6. The highest BCUT2D eigenvalue weighted by Gasteiger charge is 2.10. The number of hydrogen-bond donors (Lipinski definition) is 2. The first-order chi connectivity index (χ1) is 11.1. The van der Waals surface area contributed by atoms with Crippen LogP contribution in [-0.2, 0) is 6.54 Å². The number of benzene rings is 1. The Balaban J connectivity index is 1.74. The van der Waals surface area contributed by atoms with Gasteiger partial charge in [0.15, 0.2) is 11.6 Å². The lowest BCUT2D eigenvalue weighted by Crippen LogP contribution is -2.40. The second-order valence-corrected chi connectivity index (χ2v) is 5.19. The van der Waals surface area contributed by atoms with E-state index in [0.29, 0.717) is 6.54 Å². The molecule has 5 nitrogen and oxygen atoms in total. The van der Waals surface area contributed by atoms with E-state index >= 15 is 0 Å². The zero-order valence-electron chi connectivity index (χ0n) is 13.2. The van der Waals surface area contributed by atoms with Crippen molar-refractivity contribution in [3.63, 3.8) is 0 Å². The van der Waals surface area contributed by atoms with E-state index in [4.69, 9.17) is 4.74 Å². The molecule has 0 bridgehead atoms. The van der Waals surface area contributed by atoms with Crippen LogP contribution in [0.3, 0.4) is 0 Å². The summed E-state index contributed by atoms with van der Waals surface area (Å²) in [7, 11) is 0. The third-order valence-electron chi connectivity index (χ3n) is 3.25. The van der Waals surface area contributed by atoms with E-state index < -0.39 is 5.82 Å². The van der Waals surface area contributed by atoms with E-state index in [0.717, 1.165) is 11.3 Å². The van der Waals surface area contributed by atoms with Gasteiger partial charge in [0.05, 0.1) is 18.8 Å². The largest absolute Gasteiger partial charge is 0.486 e. The van der Waals surface area contributed by atoms with Gasteiger partial charge in [-0.05, 0) is 37.6 Å². The lowest BCUT2D eigenvalue weighted by Gasteiger charge is -2.16. The summed E-state index contributed by atoms with van der Waals surface area (Å²) in [6, 6.07) is 9.64. The van der Waals surface area contributed by atoms with Gasteiger partial charge in [0, 0.05) is 6.20 Å². The van der Waals surface area contributed by atoms with Crippen molar-refractivity contribution >= 4 is 6.03 Å². The zero-order valence-corrected chi connectivity index (χ0v) is 13.2. The van der Waals surface area contributed by atoms with Crippen molar-refractivity contribution in [2.75, 3.05) is 6.54 Å². The number of hydrogen-bond acceptors (Lipinski definition) is 3. The molecule has 122 valence electrons. The Hall–Kier alpha value is -2.63. The third-order valence-corrected chi connectivity index (χ3v) is 3.25. The standard InChI is InChI=1S/C17H20FN3O2/c1-12-6-5-9-19-15(12)11-21-17(22)20-10-13(2)23-16-8-4-3-7-14(16)18/h3-9,13H,10-11H2,1-2H3,(H2,20,21,22)/t13-/m1/s1. The summed E-state index contributed by atoms with van der Waals surface area (Å²) in [5, 5.41) is 5.41. The molecule has 1 heterocycles.